The van der Waals surface area contributed by atoms with Gasteiger partial charge in [-0.1, -0.05) is 18.2 Å². The zero-order valence-electron chi connectivity index (χ0n) is 11.2. The molecule has 0 fully saturated rings. The second-order valence-corrected chi connectivity index (χ2v) is 3.98. The van der Waals surface area contributed by atoms with Crippen molar-refractivity contribution in [3.63, 3.8) is 0 Å². The van der Waals surface area contributed by atoms with E-state index in [2.05, 4.69) is 18.3 Å². The summed E-state index contributed by atoms with van der Waals surface area (Å²) in [4.78, 5) is 0. The molecule has 1 unspecified atom stereocenters. The average Bonchev–Trinajstić information content (AvgIpc) is 2.39. The first-order valence-electron chi connectivity index (χ1n) is 6.43. The molecule has 102 valence electrons. The normalized spacial score (nSPS) is 12.4. The van der Waals surface area contributed by atoms with E-state index in [4.69, 9.17) is 14.6 Å². The van der Waals surface area contributed by atoms with Crippen molar-refractivity contribution in [1.29, 1.82) is 0 Å². The van der Waals surface area contributed by atoms with Crippen LogP contribution >= 0.6 is 0 Å². The smallest absolute Gasteiger partial charge is 0.124 e. The molecule has 0 radical (unpaired) electrons. The van der Waals surface area contributed by atoms with Crippen LogP contribution in [0.15, 0.2) is 24.3 Å². The van der Waals surface area contributed by atoms with Crippen molar-refractivity contribution in [3.05, 3.63) is 29.8 Å². The summed E-state index contributed by atoms with van der Waals surface area (Å²) >= 11 is 0. The molecule has 4 nitrogen and oxygen atoms in total. The highest BCUT2D eigenvalue weighted by atomic mass is 16.5. The Morgan fingerprint density at radius 2 is 2.06 bits per heavy atom. The van der Waals surface area contributed by atoms with Crippen molar-refractivity contribution >= 4 is 0 Å². The number of hydrogen-bond acceptors (Lipinski definition) is 4. The van der Waals surface area contributed by atoms with E-state index in [1.54, 1.807) is 0 Å². The van der Waals surface area contributed by atoms with Crippen molar-refractivity contribution in [2.24, 2.45) is 0 Å². The van der Waals surface area contributed by atoms with E-state index in [9.17, 15) is 0 Å². The Morgan fingerprint density at radius 1 is 1.28 bits per heavy atom. The Bertz CT molecular complexity index is 331. The lowest BCUT2D eigenvalue weighted by atomic mass is 10.1. The molecule has 0 heterocycles. The van der Waals surface area contributed by atoms with E-state index in [0.29, 0.717) is 19.8 Å². The van der Waals surface area contributed by atoms with Gasteiger partial charge in [0.05, 0.1) is 26.4 Å². The predicted octanol–water partition coefficient (Wildman–Crippen LogP) is 1.74. The first kappa shape index (κ1) is 15.0. The van der Waals surface area contributed by atoms with Gasteiger partial charge in [-0.05, 0) is 19.9 Å². The van der Waals surface area contributed by atoms with E-state index >= 15 is 0 Å². The molecule has 1 aromatic carbocycles. The zero-order valence-corrected chi connectivity index (χ0v) is 11.2. The monoisotopic (exact) mass is 253 g/mol. The maximum atomic E-state index is 8.59. The minimum atomic E-state index is 0.0721. The zero-order chi connectivity index (χ0) is 13.2. The van der Waals surface area contributed by atoms with E-state index < -0.39 is 0 Å². The van der Waals surface area contributed by atoms with Crippen molar-refractivity contribution < 1.29 is 14.6 Å². The Kier molecular flexibility index (Phi) is 7.41. The molecule has 0 aromatic heterocycles. The molecule has 0 saturated heterocycles. The molecule has 18 heavy (non-hydrogen) atoms. The van der Waals surface area contributed by atoms with Gasteiger partial charge >= 0.3 is 0 Å². The highest BCUT2D eigenvalue weighted by Gasteiger charge is 2.09. The minimum Gasteiger partial charge on any atom is -0.494 e. The Morgan fingerprint density at radius 3 is 2.78 bits per heavy atom. The summed E-state index contributed by atoms with van der Waals surface area (Å²) in [5.41, 5.74) is 1.15. The molecule has 0 spiro atoms. The number of rotatable bonds is 9. The molecule has 0 aliphatic carbocycles. The van der Waals surface area contributed by atoms with Crippen molar-refractivity contribution in [2.75, 3.05) is 33.0 Å². The quantitative estimate of drug-likeness (QED) is 0.658. The van der Waals surface area contributed by atoms with Gasteiger partial charge in [-0.25, -0.2) is 0 Å². The topological polar surface area (TPSA) is 50.7 Å². The van der Waals surface area contributed by atoms with Crippen molar-refractivity contribution in [3.8, 4) is 5.75 Å². The number of ether oxygens (including phenoxy) is 2. The molecule has 1 rings (SSSR count). The SMILES string of the molecule is CCOc1ccccc1C(C)NCCOCCO. The molecule has 4 heteroatoms. The second-order valence-electron chi connectivity index (χ2n) is 3.98. The number of para-hydroxylation sites is 1. The third kappa shape index (κ3) is 5.04. The average molecular weight is 253 g/mol. The van der Waals surface area contributed by atoms with Gasteiger partial charge < -0.3 is 19.9 Å². The summed E-state index contributed by atoms with van der Waals surface area (Å²) in [6, 6.07) is 8.26. The number of hydrogen-bond donors (Lipinski definition) is 2. The maximum Gasteiger partial charge on any atom is 0.124 e. The Balaban J connectivity index is 2.42. The molecule has 0 saturated carbocycles. The van der Waals surface area contributed by atoms with E-state index in [0.717, 1.165) is 17.9 Å². The van der Waals surface area contributed by atoms with Crippen LogP contribution < -0.4 is 10.1 Å². The standard InChI is InChI=1S/C14H23NO3/c1-3-18-14-7-5-4-6-13(14)12(2)15-8-10-17-11-9-16/h4-7,12,15-16H,3,8-11H2,1-2H3. The van der Waals surface area contributed by atoms with Crippen LogP contribution in [0, 0.1) is 0 Å². The first-order chi connectivity index (χ1) is 8.79. The fourth-order valence-electron chi connectivity index (χ4n) is 1.75. The van der Waals surface area contributed by atoms with Gasteiger partial charge in [0.25, 0.3) is 0 Å². The van der Waals surface area contributed by atoms with Crippen LogP contribution in [0.4, 0.5) is 0 Å². The van der Waals surface area contributed by atoms with Crippen LogP contribution in [0.3, 0.4) is 0 Å². The third-order valence-corrected chi connectivity index (χ3v) is 2.62. The van der Waals surface area contributed by atoms with Gasteiger partial charge in [0, 0.05) is 18.2 Å². The second kappa shape index (κ2) is 8.91. The van der Waals surface area contributed by atoms with Crippen LogP contribution in [-0.4, -0.2) is 38.1 Å². The van der Waals surface area contributed by atoms with Gasteiger partial charge in [0.2, 0.25) is 0 Å². The summed E-state index contributed by atoms with van der Waals surface area (Å²) < 4.78 is 10.8. The fraction of sp³-hybridized carbons (Fsp3) is 0.571. The molecule has 1 atom stereocenters. The molecule has 0 amide bonds. The summed E-state index contributed by atoms with van der Waals surface area (Å²) in [5, 5.41) is 12.0. The molecule has 0 aliphatic heterocycles. The Hall–Kier alpha value is -1.10. The summed E-state index contributed by atoms with van der Waals surface area (Å²) in [7, 11) is 0. The van der Waals surface area contributed by atoms with Gasteiger partial charge in [-0.2, -0.15) is 0 Å². The van der Waals surface area contributed by atoms with Gasteiger partial charge in [-0.3, -0.25) is 0 Å². The van der Waals surface area contributed by atoms with Crippen LogP contribution in [0.1, 0.15) is 25.5 Å². The number of nitrogens with one attached hydrogen (secondary N) is 1. The van der Waals surface area contributed by atoms with E-state index in [1.807, 2.05) is 25.1 Å². The highest BCUT2D eigenvalue weighted by molar-refractivity contribution is 5.35. The summed E-state index contributed by atoms with van der Waals surface area (Å²) in [6.45, 7) is 6.57. The number of aliphatic hydroxyl groups excluding tert-OH is 1. The largest absolute Gasteiger partial charge is 0.494 e. The first-order valence-corrected chi connectivity index (χ1v) is 6.43. The maximum absolute atomic E-state index is 8.59. The lowest BCUT2D eigenvalue weighted by Gasteiger charge is -2.17. The predicted molar refractivity (Wildman–Crippen MR) is 71.9 cm³/mol. The molecule has 0 bridgehead atoms. The van der Waals surface area contributed by atoms with Crippen LogP contribution in [-0.2, 0) is 4.74 Å². The highest BCUT2D eigenvalue weighted by Crippen LogP contribution is 2.24. The summed E-state index contributed by atoms with van der Waals surface area (Å²) in [5.74, 6) is 0.927. The van der Waals surface area contributed by atoms with Crippen molar-refractivity contribution in [2.45, 2.75) is 19.9 Å². The van der Waals surface area contributed by atoms with E-state index in [-0.39, 0.29) is 12.6 Å². The summed E-state index contributed by atoms with van der Waals surface area (Å²) in [6.07, 6.45) is 0. The number of aliphatic hydroxyl groups is 1. The van der Waals surface area contributed by atoms with Gasteiger partial charge in [-0.15, -0.1) is 0 Å². The van der Waals surface area contributed by atoms with Gasteiger partial charge in [0.15, 0.2) is 0 Å². The van der Waals surface area contributed by atoms with Crippen LogP contribution in [0.5, 0.6) is 5.75 Å². The fourth-order valence-corrected chi connectivity index (χ4v) is 1.75. The van der Waals surface area contributed by atoms with E-state index in [1.165, 1.54) is 0 Å². The molecule has 1 aromatic rings. The minimum absolute atomic E-state index is 0.0721. The van der Waals surface area contributed by atoms with Crippen LogP contribution in [0.25, 0.3) is 0 Å². The van der Waals surface area contributed by atoms with Crippen molar-refractivity contribution in [1.82, 2.24) is 5.32 Å². The molecule has 0 aliphatic rings. The lowest BCUT2D eigenvalue weighted by molar-refractivity contribution is 0.0928. The lowest BCUT2D eigenvalue weighted by Crippen LogP contribution is -2.24. The molecular weight excluding hydrogens is 230 g/mol. The number of benzene rings is 1. The molecule has 2 N–H and O–H groups in total. The van der Waals surface area contributed by atoms with Gasteiger partial charge in [0.1, 0.15) is 5.75 Å². The Labute approximate surface area is 109 Å². The van der Waals surface area contributed by atoms with Crippen LogP contribution in [0.2, 0.25) is 0 Å². The molecular formula is C14H23NO3. The third-order valence-electron chi connectivity index (χ3n) is 2.62.